The molecule has 2 aliphatic rings. The molecule has 0 aliphatic carbocycles. The lowest BCUT2D eigenvalue weighted by molar-refractivity contribution is -0.138. The van der Waals surface area contributed by atoms with Crippen molar-refractivity contribution in [3.05, 3.63) is 0 Å². The lowest BCUT2D eigenvalue weighted by atomic mass is 10.2. The summed E-state index contributed by atoms with van der Waals surface area (Å²) < 4.78 is 0. The summed E-state index contributed by atoms with van der Waals surface area (Å²) in [5.74, 6) is -0.803. The predicted molar refractivity (Wildman–Crippen MR) is 66.4 cm³/mol. The van der Waals surface area contributed by atoms with Gasteiger partial charge in [0.25, 0.3) is 0 Å². The van der Waals surface area contributed by atoms with Crippen molar-refractivity contribution >= 4 is 12.0 Å². The van der Waals surface area contributed by atoms with E-state index in [-0.39, 0.29) is 12.6 Å². The quantitative estimate of drug-likeness (QED) is 0.770. The van der Waals surface area contributed by atoms with Crippen molar-refractivity contribution in [1.82, 2.24) is 14.7 Å². The molecule has 0 aromatic heterocycles. The van der Waals surface area contributed by atoms with Crippen molar-refractivity contribution in [2.75, 3.05) is 39.3 Å². The summed E-state index contributed by atoms with van der Waals surface area (Å²) in [6, 6.07) is 0.463. The van der Waals surface area contributed by atoms with Crippen molar-refractivity contribution in [3.63, 3.8) is 0 Å². The molecule has 2 heterocycles. The standard InChI is InChI=1S/C12H21N3O3/c1-10-3-2-4-15(10)12(18)14-7-5-13(6-8-14)9-11(16)17/h10H,2-9H2,1H3,(H,16,17). The number of nitrogens with zero attached hydrogens (tertiary/aromatic N) is 3. The minimum absolute atomic E-state index is 0.0716. The number of rotatable bonds is 2. The molecule has 2 aliphatic heterocycles. The van der Waals surface area contributed by atoms with Gasteiger partial charge in [0, 0.05) is 38.8 Å². The molecule has 6 nitrogen and oxygen atoms in total. The van der Waals surface area contributed by atoms with Crippen LogP contribution in [0, 0.1) is 0 Å². The average Bonchev–Trinajstić information content (AvgIpc) is 2.75. The van der Waals surface area contributed by atoms with Crippen LogP contribution < -0.4 is 0 Å². The SMILES string of the molecule is CC1CCCN1C(=O)N1CCN(CC(=O)O)CC1. The maximum atomic E-state index is 12.3. The molecule has 0 aromatic rings. The predicted octanol–water partition coefficient (Wildman–Crippen LogP) is 0.293. The maximum Gasteiger partial charge on any atom is 0.320 e. The Morgan fingerprint density at radius 3 is 2.33 bits per heavy atom. The van der Waals surface area contributed by atoms with Gasteiger partial charge in [0.15, 0.2) is 0 Å². The molecule has 6 heteroatoms. The number of piperazine rings is 1. The zero-order chi connectivity index (χ0) is 13.1. The Labute approximate surface area is 107 Å². The van der Waals surface area contributed by atoms with E-state index in [4.69, 9.17) is 5.11 Å². The second-order valence-corrected chi connectivity index (χ2v) is 5.12. The van der Waals surface area contributed by atoms with Gasteiger partial charge in [-0.25, -0.2) is 4.79 Å². The number of hydrogen-bond donors (Lipinski definition) is 1. The first kappa shape index (κ1) is 13.1. The van der Waals surface area contributed by atoms with Gasteiger partial charge in [-0.3, -0.25) is 9.69 Å². The molecule has 1 unspecified atom stereocenters. The minimum Gasteiger partial charge on any atom is -0.480 e. The highest BCUT2D eigenvalue weighted by Gasteiger charge is 2.30. The Kier molecular flexibility index (Phi) is 4.06. The largest absolute Gasteiger partial charge is 0.480 e. The van der Waals surface area contributed by atoms with Gasteiger partial charge in [-0.15, -0.1) is 0 Å². The summed E-state index contributed by atoms with van der Waals surface area (Å²) in [6.07, 6.45) is 2.18. The van der Waals surface area contributed by atoms with Crippen LogP contribution in [0.5, 0.6) is 0 Å². The zero-order valence-electron chi connectivity index (χ0n) is 10.8. The summed E-state index contributed by atoms with van der Waals surface area (Å²) in [5.41, 5.74) is 0. The van der Waals surface area contributed by atoms with Crippen molar-refractivity contribution in [3.8, 4) is 0 Å². The number of amides is 2. The number of carbonyl (C=O) groups excluding carboxylic acids is 1. The molecule has 0 spiro atoms. The second kappa shape index (κ2) is 5.56. The number of carboxylic acid groups (broad SMARTS) is 1. The Morgan fingerprint density at radius 1 is 1.17 bits per heavy atom. The van der Waals surface area contributed by atoms with E-state index in [0.29, 0.717) is 32.2 Å². The Balaban J connectivity index is 1.82. The van der Waals surface area contributed by atoms with Crippen LogP contribution in [0.4, 0.5) is 4.79 Å². The molecular formula is C12H21N3O3. The van der Waals surface area contributed by atoms with Crippen LogP contribution in [0.15, 0.2) is 0 Å². The molecule has 1 atom stereocenters. The van der Waals surface area contributed by atoms with Crippen LogP contribution in [-0.2, 0) is 4.79 Å². The molecule has 1 N–H and O–H groups in total. The Morgan fingerprint density at radius 2 is 1.83 bits per heavy atom. The zero-order valence-corrected chi connectivity index (χ0v) is 10.8. The van der Waals surface area contributed by atoms with Gasteiger partial charge in [0.2, 0.25) is 0 Å². The fraction of sp³-hybridized carbons (Fsp3) is 0.833. The molecule has 0 aromatic carbocycles. The monoisotopic (exact) mass is 255 g/mol. The van der Waals surface area contributed by atoms with Gasteiger partial charge in [-0.1, -0.05) is 0 Å². The third-order valence-electron chi connectivity index (χ3n) is 3.80. The molecule has 0 bridgehead atoms. The molecule has 2 rings (SSSR count). The third kappa shape index (κ3) is 2.93. The average molecular weight is 255 g/mol. The molecular weight excluding hydrogens is 234 g/mol. The van der Waals surface area contributed by atoms with Crippen LogP contribution >= 0.6 is 0 Å². The van der Waals surface area contributed by atoms with Crippen molar-refractivity contribution < 1.29 is 14.7 Å². The fourth-order valence-corrected chi connectivity index (χ4v) is 2.69. The topological polar surface area (TPSA) is 64.1 Å². The van der Waals surface area contributed by atoms with E-state index in [2.05, 4.69) is 6.92 Å². The van der Waals surface area contributed by atoms with Gasteiger partial charge < -0.3 is 14.9 Å². The van der Waals surface area contributed by atoms with Gasteiger partial charge in [0.05, 0.1) is 6.54 Å². The first-order chi connectivity index (χ1) is 8.58. The van der Waals surface area contributed by atoms with E-state index in [9.17, 15) is 9.59 Å². The first-order valence-corrected chi connectivity index (χ1v) is 6.57. The van der Waals surface area contributed by atoms with E-state index in [1.807, 2.05) is 14.7 Å². The summed E-state index contributed by atoms with van der Waals surface area (Å²) >= 11 is 0. The van der Waals surface area contributed by atoms with Crippen LogP contribution in [0.2, 0.25) is 0 Å². The van der Waals surface area contributed by atoms with E-state index in [1.54, 1.807) is 0 Å². The van der Waals surface area contributed by atoms with Gasteiger partial charge in [0.1, 0.15) is 0 Å². The highest BCUT2D eigenvalue weighted by Crippen LogP contribution is 2.18. The van der Waals surface area contributed by atoms with E-state index in [0.717, 1.165) is 19.4 Å². The lowest BCUT2D eigenvalue weighted by Gasteiger charge is -2.37. The maximum absolute atomic E-state index is 12.3. The highest BCUT2D eigenvalue weighted by molar-refractivity contribution is 5.75. The molecule has 2 fully saturated rings. The summed E-state index contributed by atoms with van der Waals surface area (Å²) in [7, 11) is 0. The highest BCUT2D eigenvalue weighted by atomic mass is 16.4. The number of hydrogen-bond acceptors (Lipinski definition) is 3. The van der Waals surface area contributed by atoms with E-state index >= 15 is 0 Å². The van der Waals surface area contributed by atoms with Gasteiger partial charge in [-0.05, 0) is 19.8 Å². The van der Waals surface area contributed by atoms with Crippen LogP contribution in [0.1, 0.15) is 19.8 Å². The molecule has 2 amide bonds. The molecule has 2 saturated heterocycles. The first-order valence-electron chi connectivity index (χ1n) is 6.57. The van der Waals surface area contributed by atoms with Crippen LogP contribution in [0.3, 0.4) is 0 Å². The number of carbonyl (C=O) groups is 2. The van der Waals surface area contributed by atoms with Crippen molar-refractivity contribution in [2.45, 2.75) is 25.8 Å². The van der Waals surface area contributed by atoms with Crippen molar-refractivity contribution in [1.29, 1.82) is 0 Å². The Bertz CT molecular complexity index is 327. The number of likely N-dealkylation sites (tertiary alicyclic amines) is 1. The summed E-state index contributed by atoms with van der Waals surface area (Å²) in [4.78, 5) is 28.5. The minimum atomic E-state index is -0.803. The summed E-state index contributed by atoms with van der Waals surface area (Å²) in [5, 5.41) is 8.72. The number of carboxylic acids is 1. The second-order valence-electron chi connectivity index (χ2n) is 5.12. The van der Waals surface area contributed by atoms with Gasteiger partial charge >= 0.3 is 12.0 Å². The Hall–Kier alpha value is -1.30. The number of urea groups is 1. The van der Waals surface area contributed by atoms with Gasteiger partial charge in [-0.2, -0.15) is 0 Å². The van der Waals surface area contributed by atoms with E-state index in [1.165, 1.54) is 0 Å². The normalized spacial score (nSPS) is 25.5. The summed E-state index contributed by atoms with van der Waals surface area (Å²) in [6.45, 7) is 5.59. The van der Waals surface area contributed by atoms with Crippen molar-refractivity contribution in [2.24, 2.45) is 0 Å². The van der Waals surface area contributed by atoms with E-state index < -0.39 is 5.97 Å². The molecule has 102 valence electrons. The number of aliphatic carboxylic acids is 1. The lowest BCUT2D eigenvalue weighted by Crippen LogP contribution is -2.54. The molecule has 18 heavy (non-hydrogen) atoms. The third-order valence-corrected chi connectivity index (χ3v) is 3.80. The molecule has 0 saturated carbocycles. The fourth-order valence-electron chi connectivity index (χ4n) is 2.69. The van der Waals surface area contributed by atoms with Crippen LogP contribution in [-0.4, -0.2) is 77.1 Å². The smallest absolute Gasteiger partial charge is 0.320 e. The molecule has 0 radical (unpaired) electrons. The van der Waals surface area contributed by atoms with Crippen LogP contribution in [0.25, 0.3) is 0 Å².